The number of rotatable bonds is 2. The van der Waals surface area contributed by atoms with Crippen LogP contribution in [0.1, 0.15) is 32.6 Å². The molecule has 2 aromatic rings. The van der Waals surface area contributed by atoms with Crippen molar-refractivity contribution in [1.29, 1.82) is 0 Å². The zero-order chi connectivity index (χ0) is 14.4. The quantitative estimate of drug-likeness (QED) is 0.844. The molecular weight excluding hydrogens is 330 g/mol. The molecule has 0 aliphatic carbocycles. The number of halogens is 1. The van der Waals surface area contributed by atoms with Crippen LogP contribution in [0.4, 0.5) is 5.69 Å². The standard InChI is InChI=1S/C17H14BrNO2/c18-17(10-1-2-12-8-21-9-14(12)6-10)11-3-4-15-13(5-11)7-16(20)19-15/h1-6,17H,7-9H2,(H,19,20). The van der Waals surface area contributed by atoms with E-state index in [1.54, 1.807) is 0 Å². The van der Waals surface area contributed by atoms with Gasteiger partial charge < -0.3 is 10.1 Å². The van der Waals surface area contributed by atoms with Crippen LogP contribution in [0, 0.1) is 0 Å². The van der Waals surface area contributed by atoms with Crippen LogP contribution in [-0.4, -0.2) is 5.91 Å². The molecule has 2 aliphatic heterocycles. The number of alkyl halides is 1. The lowest BCUT2D eigenvalue weighted by molar-refractivity contribution is -0.115. The number of hydrogen-bond donors (Lipinski definition) is 1. The maximum Gasteiger partial charge on any atom is 0.228 e. The third kappa shape index (κ3) is 2.28. The highest BCUT2D eigenvalue weighted by Gasteiger charge is 2.21. The number of fused-ring (bicyclic) bond motifs is 2. The summed E-state index contributed by atoms with van der Waals surface area (Å²) in [4.78, 5) is 11.6. The van der Waals surface area contributed by atoms with Gasteiger partial charge in [0.15, 0.2) is 0 Å². The van der Waals surface area contributed by atoms with Crippen LogP contribution >= 0.6 is 15.9 Å². The van der Waals surface area contributed by atoms with Gasteiger partial charge in [-0.2, -0.15) is 0 Å². The zero-order valence-corrected chi connectivity index (χ0v) is 12.9. The molecule has 1 unspecified atom stereocenters. The topological polar surface area (TPSA) is 38.3 Å². The minimum absolute atomic E-state index is 0.0722. The van der Waals surface area contributed by atoms with Crippen molar-refractivity contribution in [2.45, 2.75) is 24.5 Å². The SMILES string of the molecule is O=C1Cc2cc(C(Br)c3ccc4c(c3)COC4)ccc2N1. The van der Waals surface area contributed by atoms with Gasteiger partial charge in [0, 0.05) is 5.69 Å². The van der Waals surface area contributed by atoms with Crippen LogP contribution in [0.15, 0.2) is 36.4 Å². The van der Waals surface area contributed by atoms with Crippen molar-refractivity contribution >= 4 is 27.5 Å². The van der Waals surface area contributed by atoms with Gasteiger partial charge in [-0.05, 0) is 33.9 Å². The molecule has 2 aliphatic rings. The second-order valence-corrected chi connectivity index (χ2v) is 6.44. The number of hydrogen-bond acceptors (Lipinski definition) is 2. The molecule has 1 amide bonds. The summed E-state index contributed by atoms with van der Waals surface area (Å²) >= 11 is 3.78. The Morgan fingerprint density at radius 2 is 1.71 bits per heavy atom. The van der Waals surface area contributed by atoms with Gasteiger partial charge in [0.25, 0.3) is 0 Å². The highest BCUT2D eigenvalue weighted by atomic mass is 79.9. The Balaban J connectivity index is 1.67. The van der Waals surface area contributed by atoms with Gasteiger partial charge in [-0.3, -0.25) is 4.79 Å². The summed E-state index contributed by atoms with van der Waals surface area (Å²) in [5, 5.41) is 2.87. The summed E-state index contributed by atoms with van der Waals surface area (Å²) in [6.07, 6.45) is 0.473. The molecule has 106 valence electrons. The zero-order valence-electron chi connectivity index (χ0n) is 11.4. The van der Waals surface area contributed by atoms with Crippen molar-refractivity contribution < 1.29 is 9.53 Å². The highest BCUT2D eigenvalue weighted by Crippen LogP contribution is 2.36. The fraction of sp³-hybridized carbons (Fsp3) is 0.235. The second kappa shape index (κ2) is 4.97. The van der Waals surface area contributed by atoms with Crippen molar-refractivity contribution in [1.82, 2.24) is 0 Å². The van der Waals surface area contributed by atoms with Crippen LogP contribution in [0.3, 0.4) is 0 Å². The van der Waals surface area contributed by atoms with Gasteiger partial charge in [0.2, 0.25) is 5.91 Å². The van der Waals surface area contributed by atoms with E-state index in [4.69, 9.17) is 4.74 Å². The van der Waals surface area contributed by atoms with Crippen LogP contribution in [0.2, 0.25) is 0 Å². The highest BCUT2D eigenvalue weighted by molar-refractivity contribution is 9.09. The molecule has 0 radical (unpaired) electrons. The molecule has 2 aromatic carbocycles. The molecule has 1 N–H and O–H groups in total. The monoisotopic (exact) mass is 343 g/mol. The smallest absolute Gasteiger partial charge is 0.228 e. The van der Waals surface area contributed by atoms with Crippen molar-refractivity contribution in [3.05, 3.63) is 64.2 Å². The Morgan fingerprint density at radius 1 is 1.00 bits per heavy atom. The normalized spacial score (nSPS) is 17.3. The van der Waals surface area contributed by atoms with Crippen LogP contribution in [0.5, 0.6) is 0 Å². The first-order chi connectivity index (χ1) is 10.2. The number of anilines is 1. The first-order valence-electron chi connectivity index (χ1n) is 6.97. The number of carbonyl (C=O) groups excluding carboxylic acids is 1. The van der Waals surface area contributed by atoms with E-state index in [1.165, 1.54) is 22.3 Å². The maximum absolute atomic E-state index is 11.4. The van der Waals surface area contributed by atoms with E-state index in [1.807, 2.05) is 6.07 Å². The molecule has 21 heavy (non-hydrogen) atoms. The minimum Gasteiger partial charge on any atom is -0.372 e. The molecule has 4 heteroatoms. The first-order valence-corrected chi connectivity index (χ1v) is 7.88. The lowest BCUT2D eigenvalue weighted by Gasteiger charge is -2.13. The molecule has 0 saturated carbocycles. The fourth-order valence-corrected chi connectivity index (χ4v) is 3.52. The summed E-state index contributed by atoms with van der Waals surface area (Å²) in [5.74, 6) is 0.0722. The van der Waals surface area contributed by atoms with Crippen molar-refractivity contribution in [2.75, 3.05) is 5.32 Å². The van der Waals surface area contributed by atoms with E-state index in [0.717, 1.165) is 17.9 Å². The lowest BCUT2D eigenvalue weighted by Crippen LogP contribution is -2.03. The van der Waals surface area contributed by atoms with Crippen LogP contribution in [-0.2, 0) is 29.2 Å². The molecule has 0 bridgehead atoms. The lowest BCUT2D eigenvalue weighted by atomic mass is 9.98. The van der Waals surface area contributed by atoms with Gasteiger partial charge in [-0.25, -0.2) is 0 Å². The van der Waals surface area contributed by atoms with Crippen molar-refractivity contribution in [3.8, 4) is 0 Å². The average Bonchev–Trinajstić information content (AvgIpc) is 3.09. The fourth-order valence-electron chi connectivity index (χ4n) is 2.95. The van der Waals surface area contributed by atoms with Gasteiger partial charge in [0.05, 0.1) is 24.5 Å². The van der Waals surface area contributed by atoms with Gasteiger partial charge in [-0.15, -0.1) is 0 Å². The third-order valence-corrected chi connectivity index (χ3v) is 5.14. The van der Waals surface area contributed by atoms with Crippen LogP contribution < -0.4 is 5.32 Å². The van der Waals surface area contributed by atoms with Crippen LogP contribution in [0.25, 0.3) is 0 Å². The van der Waals surface area contributed by atoms with Crippen molar-refractivity contribution in [2.24, 2.45) is 0 Å². The average molecular weight is 344 g/mol. The molecular formula is C17H14BrNO2. The minimum atomic E-state index is 0.0722. The summed E-state index contributed by atoms with van der Waals surface area (Å²) in [6, 6.07) is 12.6. The molecule has 3 nitrogen and oxygen atoms in total. The molecule has 0 fully saturated rings. The van der Waals surface area contributed by atoms with Crippen molar-refractivity contribution in [3.63, 3.8) is 0 Å². The number of benzene rings is 2. The van der Waals surface area contributed by atoms with E-state index >= 15 is 0 Å². The van der Waals surface area contributed by atoms with E-state index in [2.05, 4.69) is 51.6 Å². The van der Waals surface area contributed by atoms with Gasteiger partial charge in [0.1, 0.15) is 0 Å². The number of carbonyl (C=O) groups is 1. The molecule has 0 saturated heterocycles. The van der Waals surface area contributed by atoms with E-state index in [0.29, 0.717) is 13.0 Å². The Bertz CT molecular complexity index is 742. The Kier molecular flexibility index (Phi) is 3.08. The van der Waals surface area contributed by atoms with E-state index in [-0.39, 0.29) is 10.7 Å². The molecule has 0 spiro atoms. The van der Waals surface area contributed by atoms with E-state index in [9.17, 15) is 4.79 Å². The first kappa shape index (κ1) is 13.0. The van der Waals surface area contributed by atoms with Gasteiger partial charge in [-0.1, -0.05) is 46.3 Å². The molecule has 1 atom stereocenters. The summed E-state index contributed by atoms with van der Waals surface area (Å²) in [5.41, 5.74) is 6.95. The molecule has 0 aromatic heterocycles. The Labute approximate surface area is 131 Å². The van der Waals surface area contributed by atoms with E-state index < -0.39 is 0 Å². The van der Waals surface area contributed by atoms with Gasteiger partial charge >= 0.3 is 0 Å². The summed E-state index contributed by atoms with van der Waals surface area (Å²) in [7, 11) is 0. The number of nitrogens with one attached hydrogen (secondary N) is 1. The maximum atomic E-state index is 11.4. The largest absolute Gasteiger partial charge is 0.372 e. The molecule has 2 heterocycles. The number of amides is 1. The summed E-state index contributed by atoms with van der Waals surface area (Å²) in [6.45, 7) is 1.42. The Morgan fingerprint density at radius 3 is 2.57 bits per heavy atom. The second-order valence-electron chi connectivity index (χ2n) is 5.53. The Hall–Kier alpha value is -1.65. The summed E-state index contributed by atoms with van der Waals surface area (Å²) < 4.78 is 5.47. The predicted molar refractivity (Wildman–Crippen MR) is 84.5 cm³/mol. The number of ether oxygens (including phenoxy) is 1. The molecule has 4 rings (SSSR count). The third-order valence-electron chi connectivity index (χ3n) is 4.09. The predicted octanol–water partition coefficient (Wildman–Crippen LogP) is 3.70.